The summed E-state index contributed by atoms with van der Waals surface area (Å²) in [4.78, 5) is 33.7. The molecule has 0 aliphatic carbocycles. The lowest BCUT2D eigenvalue weighted by atomic mass is 10.2. The number of rotatable bonds is 3. The number of hydrogen-bond acceptors (Lipinski definition) is 6. The number of aromatic nitrogens is 1. The molecule has 0 fully saturated rings. The topological polar surface area (TPSA) is 83.9 Å². The molecule has 7 heteroatoms. The van der Waals surface area contributed by atoms with E-state index in [0.29, 0.717) is 30.4 Å². The molecule has 1 amide bonds. The SMILES string of the molecule is CC(=O)N1CCN=C1Nc1ncccc1OC(=O)c1ccccc1. The first-order chi connectivity index (χ1) is 11.6. The van der Waals surface area contributed by atoms with Gasteiger partial charge in [0.25, 0.3) is 0 Å². The second kappa shape index (κ2) is 6.91. The van der Waals surface area contributed by atoms with Crippen LogP contribution in [0.4, 0.5) is 5.82 Å². The number of aliphatic imine (C=N–C) groups is 1. The molecular formula is C17H16N4O3. The van der Waals surface area contributed by atoms with Crippen LogP contribution < -0.4 is 10.1 Å². The molecule has 1 aromatic heterocycles. The molecule has 0 saturated heterocycles. The predicted molar refractivity (Wildman–Crippen MR) is 88.9 cm³/mol. The number of pyridine rings is 1. The van der Waals surface area contributed by atoms with E-state index in [-0.39, 0.29) is 11.7 Å². The van der Waals surface area contributed by atoms with E-state index in [4.69, 9.17) is 4.74 Å². The van der Waals surface area contributed by atoms with Crippen LogP contribution in [0.5, 0.6) is 5.75 Å². The number of carbonyl (C=O) groups excluding carboxylic acids is 2. The Morgan fingerprint density at radius 3 is 2.71 bits per heavy atom. The summed E-state index contributed by atoms with van der Waals surface area (Å²) in [7, 11) is 0. The second-order valence-corrected chi connectivity index (χ2v) is 5.11. The average molecular weight is 324 g/mol. The van der Waals surface area contributed by atoms with Crippen molar-refractivity contribution in [1.29, 1.82) is 0 Å². The third kappa shape index (κ3) is 3.40. The first-order valence-electron chi connectivity index (χ1n) is 7.47. The van der Waals surface area contributed by atoms with E-state index >= 15 is 0 Å². The molecular weight excluding hydrogens is 308 g/mol. The molecule has 0 unspecified atom stereocenters. The van der Waals surface area contributed by atoms with Crippen molar-refractivity contribution < 1.29 is 14.3 Å². The quantitative estimate of drug-likeness (QED) is 0.872. The Balaban J connectivity index is 1.79. The van der Waals surface area contributed by atoms with Crippen LogP contribution in [0.15, 0.2) is 53.7 Å². The van der Waals surface area contributed by atoms with E-state index < -0.39 is 5.97 Å². The number of esters is 1. The van der Waals surface area contributed by atoms with Crippen molar-refractivity contribution in [1.82, 2.24) is 9.88 Å². The van der Waals surface area contributed by atoms with Gasteiger partial charge >= 0.3 is 5.97 Å². The van der Waals surface area contributed by atoms with E-state index in [1.807, 2.05) is 6.07 Å². The fourth-order valence-electron chi connectivity index (χ4n) is 2.27. The third-order valence-corrected chi connectivity index (χ3v) is 3.43. The smallest absolute Gasteiger partial charge is 0.343 e. The fourth-order valence-corrected chi connectivity index (χ4v) is 2.27. The standard InChI is InChI=1S/C17H16N4O3/c1-12(22)21-11-10-19-17(21)20-15-14(8-5-9-18-15)24-16(23)13-6-3-2-4-7-13/h2-9H,10-11H2,1H3,(H,18,19,20). The Kier molecular flexibility index (Phi) is 4.51. The van der Waals surface area contributed by atoms with Gasteiger partial charge in [-0.1, -0.05) is 18.2 Å². The third-order valence-electron chi connectivity index (χ3n) is 3.43. The molecule has 2 heterocycles. The molecule has 0 atom stereocenters. The number of carbonyl (C=O) groups is 2. The zero-order valence-corrected chi connectivity index (χ0v) is 13.1. The van der Waals surface area contributed by atoms with Crippen molar-refractivity contribution in [2.24, 2.45) is 4.99 Å². The first-order valence-corrected chi connectivity index (χ1v) is 7.47. The van der Waals surface area contributed by atoms with Crippen molar-refractivity contribution in [3.63, 3.8) is 0 Å². The first kappa shape index (κ1) is 15.7. The van der Waals surface area contributed by atoms with E-state index in [1.165, 1.54) is 11.8 Å². The van der Waals surface area contributed by atoms with E-state index in [1.54, 1.807) is 42.6 Å². The van der Waals surface area contributed by atoms with Crippen LogP contribution in [0.1, 0.15) is 17.3 Å². The minimum Gasteiger partial charge on any atom is -0.419 e. The van der Waals surface area contributed by atoms with Gasteiger partial charge in [0, 0.05) is 19.7 Å². The molecule has 1 aromatic carbocycles. The molecule has 3 rings (SSSR count). The van der Waals surface area contributed by atoms with Gasteiger partial charge in [-0.2, -0.15) is 0 Å². The Bertz CT molecular complexity index is 789. The van der Waals surface area contributed by atoms with Crippen LogP contribution in [-0.2, 0) is 4.79 Å². The highest BCUT2D eigenvalue weighted by Crippen LogP contribution is 2.23. The van der Waals surface area contributed by atoms with Gasteiger partial charge in [-0.05, 0) is 24.3 Å². The zero-order valence-electron chi connectivity index (χ0n) is 13.1. The van der Waals surface area contributed by atoms with Gasteiger partial charge in [0.15, 0.2) is 11.6 Å². The Hall–Kier alpha value is -3.22. The number of benzene rings is 1. The van der Waals surface area contributed by atoms with Crippen LogP contribution in [0, 0.1) is 0 Å². The Labute approximate surface area is 139 Å². The summed E-state index contributed by atoms with van der Waals surface area (Å²) in [5.74, 6) is 0.400. The number of nitrogens with zero attached hydrogens (tertiary/aromatic N) is 3. The maximum absolute atomic E-state index is 12.2. The summed E-state index contributed by atoms with van der Waals surface area (Å²) in [5, 5.41) is 2.96. The summed E-state index contributed by atoms with van der Waals surface area (Å²) in [5.41, 5.74) is 0.441. The second-order valence-electron chi connectivity index (χ2n) is 5.11. The Morgan fingerprint density at radius 2 is 1.96 bits per heavy atom. The Morgan fingerprint density at radius 1 is 1.17 bits per heavy atom. The predicted octanol–water partition coefficient (Wildman–Crippen LogP) is 1.93. The van der Waals surface area contributed by atoms with Gasteiger partial charge in [0.1, 0.15) is 0 Å². The van der Waals surface area contributed by atoms with Crippen molar-refractivity contribution in [3.05, 3.63) is 54.2 Å². The van der Waals surface area contributed by atoms with Crippen LogP contribution >= 0.6 is 0 Å². The highest BCUT2D eigenvalue weighted by Gasteiger charge is 2.22. The molecule has 1 N–H and O–H groups in total. The number of anilines is 1. The molecule has 2 aromatic rings. The van der Waals surface area contributed by atoms with E-state index in [9.17, 15) is 9.59 Å². The summed E-state index contributed by atoms with van der Waals surface area (Å²) in [6.45, 7) is 2.51. The minimum absolute atomic E-state index is 0.113. The molecule has 7 nitrogen and oxygen atoms in total. The van der Waals surface area contributed by atoms with Gasteiger partial charge in [0.2, 0.25) is 11.9 Å². The lowest BCUT2D eigenvalue weighted by Gasteiger charge is -2.18. The molecule has 1 aliphatic heterocycles. The van der Waals surface area contributed by atoms with Crippen molar-refractivity contribution in [3.8, 4) is 5.75 Å². The zero-order chi connectivity index (χ0) is 16.9. The summed E-state index contributed by atoms with van der Waals surface area (Å²) in [6.07, 6.45) is 1.57. The number of guanidine groups is 1. The number of hydrogen-bond donors (Lipinski definition) is 1. The summed E-state index contributed by atoms with van der Waals surface area (Å²) >= 11 is 0. The number of nitrogens with one attached hydrogen (secondary N) is 1. The lowest BCUT2D eigenvalue weighted by molar-refractivity contribution is -0.124. The summed E-state index contributed by atoms with van der Waals surface area (Å²) in [6, 6.07) is 12.0. The van der Waals surface area contributed by atoms with Gasteiger partial charge in [-0.15, -0.1) is 0 Å². The maximum atomic E-state index is 12.2. The molecule has 122 valence electrons. The molecule has 1 aliphatic rings. The van der Waals surface area contributed by atoms with Crippen molar-refractivity contribution in [2.45, 2.75) is 6.92 Å². The van der Waals surface area contributed by atoms with Crippen LogP contribution in [0.2, 0.25) is 0 Å². The highest BCUT2D eigenvalue weighted by atomic mass is 16.5. The van der Waals surface area contributed by atoms with Gasteiger partial charge in [-0.25, -0.2) is 9.78 Å². The largest absolute Gasteiger partial charge is 0.419 e. The molecule has 0 spiro atoms. The maximum Gasteiger partial charge on any atom is 0.343 e. The van der Waals surface area contributed by atoms with Gasteiger partial charge < -0.3 is 10.1 Å². The number of ether oxygens (including phenoxy) is 1. The van der Waals surface area contributed by atoms with Crippen LogP contribution in [-0.4, -0.2) is 40.8 Å². The van der Waals surface area contributed by atoms with E-state index in [2.05, 4.69) is 15.3 Å². The number of amides is 1. The highest BCUT2D eigenvalue weighted by molar-refractivity contribution is 6.05. The molecule has 0 saturated carbocycles. The molecule has 0 bridgehead atoms. The summed E-state index contributed by atoms with van der Waals surface area (Å²) < 4.78 is 5.42. The van der Waals surface area contributed by atoms with Crippen LogP contribution in [0.3, 0.4) is 0 Å². The molecule has 24 heavy (non-hydrogen) atoms. The fraction of sp³-hybridized carbons (Fsp3) is 0.176. The van der Waals surface area contributed by atoms with Crippen molar-refractivity contribution in [2.75, 3.05) is 18.4 Å². The van der Waals surface area contributed by atoms with Gasteiger partial charge in [-0.3, -0.25) is 14.7 Å². The van der Waals surface area contributed by atoms with Crippen molar-refractivity contribution >= 4 is 23.7 Å². The van der Waals surface area contributed by atoms with Gasteiger partial charge in [0.05, 0.1) is 12.1 Å². The molecule has 0 radical (unpaired) electrons. The monoisotopic (exact) mass is 324 g/mol. The minimum atomic E-state index is -0.483. The van der Waals surface area contributed by atoms with E-state index in [0.717, 1.165) is 0 Å². The normalized spacial score (nSPS) is 13.4. The lowest BCUT2D eigenvalue weighted by Crippen LogP contribution is -2.37. The average Bonchev–Trinajstić information content (AvgIpc) is 3.06. The van der Waals surface area contributed by atoms with Crippen LogP contribution in [0.25, 0.3) is 0 Å².